The fourth-order valence-electron chi connectivity index (χ4n) is 1.93. The topological polar surface area (TPSA) is 38.9 Å². The molecule has 2 N–H and O–H groups in total. The Bertz CT molecular complexity index is 270. The molecule has 0 aromatic carbocycles. The molecule has 0 aliphatic heterocycles. The van der Waals surface area contributed by atoms with Crippen molar-refractivity contribution < 1.29 is 0 Å². The average Bonchev–Trinajstić information content (AvgIpc) is 2.17. The largest absolute Gasteiger partial charge is 0.330 e. The highest BCUT2D eigenvalue weighted by Crippen LogP contribution is 2.28. The third-order valence-corrected chi connectivity index (χ3v) is 2.60. The SMILES string of the molecule is NC[C@H]1CCCc2cccnc21. The van der Waals surface area contributed by atoms with E-state index in [9.17, 15) is 0 Å². The normalized spacial score (nSPS) is 21.9. The van der Waals surface area contributed by atoms with Gasteiger partial charge in [0.05, 0.1) is 0 Å². The van der Waals surface area contributed by atoms with Crippen molar-refractivity contribution in [1.82, 2.24) is 4.98 Å². The van der Waals surface area contributed by atoms with E-state index in [1.54, 1.807) is 0 Å². The molecule has 1 aliphatic carbocycles. The van der Waals surface area contributed by atoms with E-state index in [1.807, 2.05) is 12.3 Å². The van der Waals surface area contributed by atoms with Crippen molar-refractivity contribution in [2.24, 2.45) is 5.73 Å². The van der Waals surface area contributed by atoms with Crippen LogP contribution in [0.1, 0.15) is 30.0 Å². The summed E-state index contributed by atoms with van der Waals surface area (Å²) in [6, 6.07) is 4.18. The molecule has 1 aromatic rings. The first-order chi connectivity index (χ1) is 5.92. The molecule has 0 unspecified atom stereocenters. The Hall–Kier alpha value is -0.890. The molecule has 12 heavy (non-hydrogen) atoms. The van der Waals surface area contributed by atoms with E-state index < -0.39 is 0 Å². The first kappa shape index (κ1) is 7.74. The first-order valence-electron chi connectivity index (χ1n) is 4.55. The van der Waals surface area contributed by atoms with Crippen LogP contribution < -0.4 is 5.73 Å². The molecule has 2 nitrogen and oxygen atoms in total. The van der Waals surface area contributed by atoms with Crippen molar-refractivity contribution >= 4 is 0 Å². The van der Waals surface area contributed by atoms with E-state index in [1.165, 1.54) is 30.5 Å². The average molecular weight is 162 g/mol. The highest BCUT2D eigenvalue weighted by Gasteiger charge is 2.19. The molecule has 1 aliphatic rings. The molecule has 1 heterocycles. The van der Waals surface area contributed by atoms with Gasteiger partial charge in [0.1, 0.15) is 0 Å². The molecule has 2 heteroatoms. The van der Waals surface area contributed by atoms with E-state index in [0.29, 0.717) is 5.92 Å². The number of aryl methyl sites for hydroxylation is 1. The fraction of sp³-hybridized carbons (Fsp3) is 0.500. The maximum atomic E-state index is 5.68. The minimum Gasteiger partial charge on any atom is -0.330 e. The summed E-state index contributed by atoms with van der Waals surface area (Å²) in [7, 11) is 0. The lowest BCUT2D eigenvalue weighted by molar-refractivity contribution is 0.545. The van der Waals surface area contributed by atoms with Crippen LogP contribution in [0.5, 0.6) is 0 Å². The van der Waals surface area contributed by atoms with Crippen molar-refractivity contribution in [3.63, 3.8) is 0 Å². The number of hydrogen-bond acceptors (Lipinski definition) is 2. The van der Waals surface area contributed by atoms with Crippen molar-refractivity contribution in [3.05, 3.63) is 29.6 Å². The van der Waals surface area contributed by atoms with Crippen molar-refractivity contribution in [2.45, 2.75) is 25.2 Å². The smallest absolute Gasteiger partial charge is 0.0479 e. The molecule has 64 valence electrons. The fourth-order valence-corrected chi connectivity index (χ4v) is 1.93. The van der Waals surface area contributed by atoms with Crippen LogP contribution in [-0.4, -0.2) is 11.5 Å². The van der Waals surface area contributed by atoms with Gasteiger partial charge in [0, 0.05) is 24.4 Å². The molecule has 0 saturated heterocycles. The summed E-state index contributed by atoms with van der Waals surface area (Å²) < 4.78 is 0. The van der Waals surface area contributed by atoms with Gasteiger partial charge in [-0.3, -0.25) is 4.98 Å². The summed E-state index contributed by atoms with van der Waals surface area (Å²) in [5.41, 5.74) is 8.32. The third kappa shape index (κ3) is 1.23. The van der Waals surface area contributed by atoms with Gasteiger partial charge < -0.3 is 5.73 Å². The minimum absolute atomic E-state index is 0.509. The van der Waals surface area contributed by atoms with Gasteiger partial charge in [-0.15, -0.1) is 0 Å². The first-order valence-corrected chi connectivity index (χ1v) is 4.55. The number of rotatable bonds is 1. The van der Waals surface area contributed by atoms with Gasteiger partial charge >= 0.3 is 0 Å². The van der Waals surface area contributed by atoms with Gasteiger partial charge in [0.2, 0.25) is 0 Å². The number of aromatic nitrogens is 1. The third-order valence-electron chi connectivity index (χ3n) is 2.60. The van der Waals surface area contributed by atoms with Crippen molar-refractivity contribution in [3.8, 4) is 0 Å². The number of hydrogen-bond donors (Lipinski definition) is 1. The molecular formula is C10H14N2. The van der Waals surface area contributed by atoms with Crippen LogP contribution in [0.15, 0.2) is 18.3 Å². The predicted octanol–water partition coefficient (Wildman–Crippen LogP) is 1.46. The molecule has 1 atom stereocenters. The highest BCUT2D eigenvalue weighted by atomic mass is 14.7. The van der Waals surface area contributed by atoms with Gasteiger partial charge in [0.15, 0.2) is 0 Å². The number of pyridine rings is 1. The standard InChI is InChI=1S/C10H14N2/c11-7-9-4-1-3-8-5-2-6-12-10(8)9/h2,5-6,9H,1,3-4,7,11H2/t9-/m1/s1. The quantitative estimate of drug-likeness (QED) is 0.679. The molecular weight excluding hydrogens is 148 g/mol. The predicted molar refractivity (Wildman–Crippen MR) is 49.0 cm³/mol. The molecule has 0 amide bonds. The number of nitrogens with two attached hydrogens (primary N) is 1. The van der Waals surface area contributed by atoms with E-state index in [-0.39, 0.29) is 0 Å². The molecule has 2 rings (SSSR count). The highest BCUT2D eigenvalue weighted by molar-refractivity contribution is 5.26. The maximum Gasteiger partial charge on any atom is 0.0479 e. The summed E-state index contributed by atoms with van der Waals surface area (Å²) in [5, 5.41) is 0. The van der Waals surface area contributed by atoms with Crippen LogP contribution in [0.3, 0.4) is 0 Å². The summed E-state index contributed by atoms with van der Waals surface area (Å²) in [6.45, 7) is 0.740. The molecule has 0 bridgehead atoms. The molecule has 1 aromatic heterocycles. The van der Waals surface area contributed by atoms with Crippen LogP contribution in [0.2, 0.25) is 0 Å². The van der Waals surface area contributed by atoms with E-state index in [4.69, 9.17) is 5.73 Å². The van der Waals surface area contributed by atoms with Gasteiger partial charge in [-0.1, -0.05) is 6.07 Å². The lowest BCUT2D eigenvalue weighted by Gasteiger charge is -2.22. The maximum absolute atomic E-state index is 5.68. The van der Waals surface area contributed by atoms with Crippen molar-refractivity contribution in [2.75, 3.05) is 6.54 Å². The second-order valence-corrected chi connectivity index (χ2v) is 3.37. The second kappa shape index (κ2) is 3.23. The van der Waals surface area contributed by atoms with E-state index in [0.717, 1.165) is 6.54 Å². The molecule has 0 fully saturated rings. The zero-order valence-corrected chi connectivity index (χ0v) is 7.16. The summed E-state index contributed by atoms with van der Waals surface area (Å²) in [4.78, 5) is 4.39. The van der Waals surface area contributed by atoms with E-state index in [2.05, 4.69) is 11.1 Å². The summed E-state index contributed by atoms with van der Waals surface area (Å²) >= 11 is 0. The molecule has 0 radical (unpaired) electrons. The van der Waals surface area contributed by atoms with Crippen LogP contribution in [-0.2, 0) is 6.42 Å². The monoisotopic (exact) mass is 162 g/mol. The number of nitrogens with zero attached hydrogens (tertiary/aromatic N) is 1. The Kier molecular flexibility index (Phi) is 2.09. The Morgan fingerprint density at radius 3 is 3.33 bits per heavy atom. The summed E-state index contributed by atoms with van der Waals surface area (Å²) in [5.74, 6) is 0.509. The second-order valence-electron chi connectivity index (χ2n) is 3.37. The molecule has 0 saturated carbocycles. The zero-order chi connectivity index (χ0) is 8.39. The minimum atomic E-state index is 0.509. The Balaban J connectivity index is 2.37. The lowest BCUT2D eigenvalue weighted by atomic mass is 9.87. The Morgan fingerprint density at radius 2 is 2.50 bits per heavy atom. The molecule has 0 spiro atoms. The van der Waals surface area contributed by atoms with Crippen LogP contribution in [0.25, 0.3) is 0 Å². The summed E-state index contributed by atoms with van der Waals surface area (Å²) in [6.07, 6.45) is 5.52. The van der Waals surface area contributed by atoms with E-state index >= 15 is 0 Å². The Morgan fingerprint density at radius 1 is 1.58 bits per heavy atom. The number of fused-ring (bicyclic) bond motifs is 1. The zero-order valence-electron chi connectivity index (χ0n) is 7.16. The van der Waals surface area contributed by atoms with Gasteiger partial charge in [-0.2, -0.15) is 0 Å². The Labute approximate surface area is 72.8 Å². The lowest BCUT2D eigenvalue weighted by Crippen LogP contribution is -2.19. The van der Waals surface area contributed by atoms with Crippen LogP contribution in [0, 0.1) is 0 Å². The van der Waals surface area contributed by atoms with Gasteiger partial charge in [-0.25, -0.2) is 0 Å². The van der Waals surface area contributed by atoms with Gasteiger partial charge in [0.25, 0.3) is 0 Å². The van der Waals surface area contributed by atoms with Crippen LogP contribution >= 0.6 is 0 Å². The van der Waals surface area contributed by atoms with Crippen molar-refractivity contribution in [1.29, 1.82) is 0 Å². The van der Waals surface area contributed by atoms with Gasteiger partial charge in [-0.05, 0) is 30.9 Å². The van der Waals surface area contributed by atoms with Crippen LogP contribution in [0.4, 0.5) is 0 Å².